The molecule has 2 N–H and O–H groups in total. The Bertz CT molecular complexity index is 1050. The van der Waals surface area contributed by atoms with Crippen molar-refractivity contribution in [1.29, 1.82) is 0 Å². The molecule has 1 heterocycles. The fourth-order valence-electron chi connectivity index (χ4n) is 4.49. The van der Waals surface area contributed by atoms with Gasteiger partial charge in [0, 0.05) is 31.5 Å². The molecule has 0 aliphatic carbocycles. The van der Waals surface area contributed by atoms with E-state index in [9.17, 15) is 35.5 Å². The predicted molar refractivity (Wildman–Crippen MR) is 112 cm³/mol. The van der Waals surface area contributed by atoms with E-state index in [2.05, 4.69) is 0 Å². The molecule has 2 unspecified atom stereocenters. The van der Waals surface area contributed by atoms with E-state index in [0.29, 0.717) is 36.1 Å². The van der Waals surface area contributed by atoms with Gasteiger partial charge in [-0.2, -0.15) is 26.3 Å². The zero-order valence-corrected chi connectivity index (χ0v) is 18.8. The number of nitrogens with two attached hydrogens (primary N) is 1. The number of hydrogen-bond donors (Lipinski definition) is 1. The van der Waals surface area contributed by atoms with Crippen LogP contribution in [0.25, 0.3) is 0 Å². The van der Waals surface area contributed by atoms with E-state index in [0.717, 1.165) is 11.9 Å². The third-order valence-corrected chi connectivity index (χ3v) is 6.45. The Morgan fingerprint density at radius 3 is 2.09 bits per heavy atom. The first-order valence-corrected chi connectivity index (χ1v) is 10.5. The average molecular weight is 492 g/mol. The molecule has 1 aliphatic heterocycles. The standard InChI is InChI=1S/C23H25F7N3O/c1-13-8-16(24)4-5-19(13)20-12-17(31)6-7-33(20,3)21(34)32(2)18-10-14(22(25,26)27)9-15(11-18)23(28,29)30/h4-5,8-11,17,20H,6-7,12,31H2,1-3H3/q+1/t17?,20-,33?/m1/s1. The number of rotatable bonds is 2. The summed E-state index contributed by atoms with van der Waals surface area (Å²) in [4.78, 5) is 14.4. The van der Waals surface area contributed by atoms with Gasteiger partial charge in [-0.3, -0.25) is 4.90 Å². The number of quaternary nitrogens is 1. The van der Waals surface area contributed by atoms with E-state index >= 15 is 0 Å². The number of aryl methyl sites for hydroxylation is 1. The zero-order valence-electron chi connectivity index (χ0n) is 18.8. The highest BCUT2D eigenvalue weighted by atomic mass is 19.4. The lowest BCUT2D eigenvalue weighted by Crippen LogP contribution is -2.61. The first-order chi connectivity index (χ1) is 15.5. The second kappa shape index (κ2) is 8.84. The molecule has 1 fully saturated rings. The highest BCUT2D eigenvalue weighted by Gasteiger charge is 2.48. The lowest BCUT2D eigenvalue weighted by atomic mass is 9.88. The van der Waals surface area contributed by atoms with Crippen molar-refractivity contribution >= 4 is 11.7 Å². The molecule has 0 saturated carbocycles. The minimum atomic E-state index is -5.04. The van der Waals surface area contributed by atoms with Gasteiger partial charge in [-0.1, -0.05) is 0 Å². The number of amides is 2. The molecule has 11 heteroatoms. The van der Waals surface area contributed by atoms with Crippen molar-refractivity contribution in [3.8, 4) is 0 Å². The summed E-state index contributed by atoms with van der Waals surface area (Å²) in [5.41, 5.74) is 3.79. The molecular weight excluding hydrogens is 467 g/mol. The molecule has 2 aromatic rings. The lowest BCUT2D eigenvalue weighted by Gasteiger charge is -2.45. The molecular formula is C23H25F7N3O+. The van der Waals surface area contributed by atoms with Crippen LogP contribution in [0.15, 0.2) is 36.4 Å². The van der Waals surface area contributed by atoms with Gasteiger partial charge in [-0.05, 0) is 48.9 Å². The number of hydrogen-bond acceptors (Lipinski definition) is 2. The van der Waals surface area contributed by atoms with Crippen LogP contribution in [0, 0.1) is 12.7 Å². The Morgan fingerprint density at radius 1 is 1.03 bits per heavy atom. The second-order valence-electron chi connectivity index (χ2n) is 8.90. The molecule has 2 aromatic carbocycles. The number of piperidine rings is 1. The average Bonchev–Trinajstić information content (AvgIpc) is 2.73. The van der Waals surface area contributed by atoms with E-state index in [1.54, 1.807) is 14.0 Å². The highest BCUT2D eigenvalue weighted by Crippen LogP contribution is 2.41. The second-order valence-corrected chi connectivity index (χ2v) is 8.90. The Morgan fingerprint density at radius 2 is 1.59 bits per heavy atom. The predicted octanol–water partition coefficient (Wildman–Crippen LogP) is 6.04. The first-order valence-electron chi connectivity index (χ1n) is 10.5. The highest BCUT2D eigenvalue weighted by molar-refractivity contribution is 5.87. The molecule has 34 heavy (non-hydrogen) atoms. The molecule has 186 valence electrons. The van der Waals surface area contributed by atoms with Gasteiger partial charge in [0.25, 0.3) is 0 Å². The van der Waals surface area contributed by atoms with E-state index in [4.69, 9.17) is 5.73 Å². The number of halogens is 7. The molecule has 0 spiro atoms. The molecule has 3 rings (SSSR count). The maximum absolute atomic E-state index is 13.7. The van der Waals surface area contributed by atoms with Crippen LogP contribution in [0.1, 0.15) is 41.1 Å². The van der Waals surface area contributed by atoms with E-state index < -0.39 is 47.1 Å². The minimum absolute atomic E-state index is 0.0166. The normalized spacial score (nSPS) is 23.6. The van der Waals surface area contributed by atoms with Crippen molar-refractivity contribution in [2.24, 2.45) is 5.73 Å². The first kappa shape index (κ1) is 26.0. The van der Waals surface area contributed by atoms with Crippen LogP contribution in [0.5, 0.6) is 0 Å². The summed E-state index contributed by atoms with van der Waals surface area (Å²) in [7, 11) is 2.71. The molecule has 3 atom stereocenters. The fraction of sp³-hybridized carbons (Fsp3) is 0.435. The van der Waals surface area contributed by atoms with Crippen LogP contribution in [-0.2, 0) is 12.4 Å². The largest absolute Gasteiger partial charge is 0.423 e. The maximum atomic E-state index is 13.7. The Balaban J connectivity index is 2.08. The number of carbonyl (C=O) groups excluding carboxylic acids is 1. The van der Waals surface area contributed by atoms with Gasteiger partial charge in [0.15, 0.2) is 0 Å². The minimum Gasteiger partial charge on any atom is -0.327 e. The SMILES string of the molecule is Cc1cc(F)ccc1[C@H]1CC(N)CC[N+]1(C)C(=O)N(C)c1cc(C(F)(F)F)cc(C(F)(F)F)c1. The molecule has 4 nitrogen and oxygen atoms in total. The molecule has 0 aromatic heterocycles. The van der Waals surface area contributed by atoms with Gasteiger partial charge in [0.05, 0.1) is 30.4 Å². The third-order valence-electron chi connectivity index (χ3n) is 6.45. The zero-order chi connectivity index (χ0) is 25.6. The number of nitrogens with zero attached hydrogens (tertiary/aromatic N) is 2. The summed E-state index contributed by atoms with van der Waals surface area (Å²) in [6, 6.07) is 3.59. The summed E-state index contributed by atoms with van der Waals surface area (Å²) in [5.74, 6) is -0.470. The van der Waals surface area contributed by atoms with Gasteiger partial charge in [0.2, 0.25) is 0 Å². The monoisotopic (exact) mass is 492 g/mol. The van der Waals surface area contributed by atoms with Gasteiger partial charge in [0.1, 0.15) is 11.9 Å². The molecule has 1 aliphatic rings. The Hall–Kier alpha value is -2.66. The maximum Gasteiger partial charge on any atom is 0.423 e. The van der Waals surface area contributed by atoms with Gasteiger partial charge in [-0.25, -0.2) is 13.7 Å². The molecule has 1 saturated heterocycles. The number of anilines is 1. The fourth-order valence-corrected chi connectivity index (χ4v) is 4.49. The molecule has 0 bridgehead atoms. The quantitative estimate of drug-likeness (QED) is 0.411. The summed E-state index contributed by atoms with van der Waals surface area (Å²) in [5, 5.41) is 0. The molecule has 0 radical (unpaired) electrons. The van der Waals surface area contributed by atoms with Gasteiger partial charge < -0.3 is 5.73 Å². The van der Waals surface area contributed by atoms with E-state index in [1.807, 2.05) is 0 Å². The summed E-state index contributed by atoms with van der Waals surface area (Å²) in [6.07, 6.45) is -9.32. The van der Waals surface area contributed by atoms with Crippen LogP contribution in [0.4, 0.5) is 41.2 Å². The third kappa shape index (κ3) is 5.05. The number of carbonyl (C=O) groups is 1. The van der Waals surface area contributed by atoms with Gasteiger partial charge in [-0.15, -0.1) is 0 Å². The lowest BCUT2D eigenvalue weighted by molar-refractivity contribution is -0.867. The Labute approximate surface area is 192 Å². The summed E-state index contributed by atoms with van der Waals surface area (Å²) >= 11 is 0. The van der Waals surface area contributed by atoms with Crippen molar-refractivity contribution < 1.29 is 40.0 Å². The smallest absolute Gasteiger partial charge is 0.327 e. The van der Waals surface area contributed by atoms with Crippen molar-refractivity contribution in [2.45, 2.75) is 44.2 Å². The number of urea groups is 1. The van der Waals surface area contributed by atoms with Crippen LogP contribution >= 0.6 is 0 Å². The van der Waals surface area contributed by atoms with Crippen LogP contribution in [0.3, 0.4) is 0 Å². The number of benzene rings is 2. The van der Waals surface area contributed by atoms with E-state index in [-0.39, 0.29) is 23.1 Å². The van der Waals surface area contributed by atoms with E-state index in [1.165, 1.54) is 18.2 Å². The van der Waals surface area contributed by atoms with Crippen LogP contribution < -0.4 is 10.6 Å². The number of likely N-dealkylation sites (tertiary alicyclic amines) is 1. The van der Waals surface area contributed by atoms with Crippen molar-refractivity contribution in [2.75, 3.05) is 25.5 Å². The Kier molecular flexibility index (Phi) is 6.75. The number of alkyl halides is 6. The summed E-state index contributed by atoms with van der Waals surface area (Å²) < 4.78 is 93.2. The van der Waals surface area contributed by atoms with Crippen LogP contribution in [0.2, 0.25) is 0 Å². The summed E-state index contributed by atoms with van der Waals surface area (Å²) in [6.45, 7) is 1.87. The van der Waals surface area contributed by atoms with Gasteiger partial charge >= 0.3 is 18.4 Å². The van der Waals surface area contributed by atoms with Crippen molar-refractivity contribution in [3.63, 3.8) is 0 Å². The molecule has 2 amide bonds. The van der Waals surface area contributed by atoms with Crippen molar-refractivity contribution in [3.05, 3.63) is 64.5 Å². The van der Waals surface area contributed by atoms with Crippen molar-refractivity contribution in [1.82, 2.24) is 0 Å². The van der Waals surface area contributed by atoms with Crippen LogP contribution in [-0.4, -0.2) is 37.2 Å². The topological polar surface area (TPSA) is 46.3 Å².